The Balaban J connectivity index is 2.34. The number of carbonyl (C=O) groups is 1. The van der Waals surface area contributed by atoms with Gasteiger partial charge in [0.05, 0.1) is 5.92 Å². The second-order valence-electron chi connectivity index (χ2n) is 3.56. The highest BCUT2D eigenvalue weighted by molar-refractivity contribution is 7.80. The Morgan fingerprint density at radius 2 is 2.06 bits per heavy atom. The molecule has 0 N–H and O–H groups in total. The van der Waals surface area contributed by atoms with Gasteiger partial charge in [-0.25, -0.2) is 0 Å². The van der Waals surface area contributed by atoms with E-state index in [-0.39, 0.29) is 18.5 Å². The Bertz CT molecular complexity index is 353. The molecule has 0 amide bonds. The minimum absolute atomic E-state index is 0.270. The third-order valence-corrected chi connectivity index (χ3v) is 2.49. The lowest BCUT2D eigenvalue weighted by Gasteiger charge is -2.12. The SMILES string of the molecule is CC(COc1ccc(Cl)cc1)C(=O)OCCS. The molecule has 0 spiro atoms. The zero-order valence-electron chi connectivity index (χ0n) is 9.56. The Kier molecular flexibility index (Phi) is 6.22. The van der Waals surface area contributed by atoms with Crippen LogP contribution in [0.15, 0.2) is 24.3 Å². The quantitative estimate of drug-likeness (QED) is 0.640. The molecule has 5 heteroatoms. The molecule has 17 heavy (non-hydrogen) atoms. The molecular weight excluding hydrogens is 260 g/mol. The predicted octanol–water partition coefficient (Wildman–Crippen LogP) is 2.83. The number of carbonyl (C=O) groups excluding carboxylic acids is 1. The van der Waals surface area contributed by atoms with Gasteiger partial charge in [0.25, 0.3) is 0 Å². The summed E-state index contributed by atoms with van der Waals surface area (Å²) in [4.78, 5) is 11.4. The third kappa shape index (κ3) is 5.33. The predicted molar refractivity (Wildman–Crippen MR) is 70.9 cm³/mol. The fourth-order valence-electron chi connectivity index (χ4n) is 1.11. The van der Waals surface area contributed by atoms with Crippen molar-refractivity contribution in [2.75, 3.05) is 19.0 Å². The summed E-state index contributed by atoms with van der Waals surface area (Å²) in [5.41, 5.74) is 0. The van der Waals surface area contributed by atoms with Crippen molar-refractivity contribution < 1.29 is 14.3 Å². The molecule has 1 aromatic rings. The van der Waals surface area contributed by atoms with E-state index in [4.69, 9.17) is 21.1 Å². The van der Waals surface area contributed by atoms with Crippen LogP contribution in [-0.2, 0) is 9.53 Å². The van der Waals surface area contributed by atoms with Gasteiger partial charge in [-0.05, 0) is 31.2 Å². The van der Waals surface area contributed by atoms with Gasteiger partial charge < -0.3 is 9.47 Å². The molecule has 0 saturated carbocycles. The molecule has 0 aromatic heterocycles. The van der Waals surface area contributed by atoms with E-state index in [2.05, 4.69) is 12.6 Å². The van der Waals surface area contributed by atoms with Gasteiger partial charge in [0.1, 0.15) is 19.0 Å². The first-order chi connectivity index (χ1) is 8.13. The van der Waals surface area contributed by atoms with E-state index in [1.165, 1.54) is 0 Å². The Hall–Kier alpha value is -0.870. The normalized spacial score (nSPS) is 11.9. The summed E-state index contributed by atoms with van der Waals surface area (Å²) in [7, 11) is 0. The van der Waals surface area contributed by atoms with Crippen molar-refractivity contribution in [2.45, 2.75) is 6.92 Å². The zero-order valence-corrected chi connectivity index (χ0v) is 11.2. The van der Waals surface area contributed by atoms with Crippen LogP contribution in [0.5, 0.6) is 5.75 Å². The minimum Gasteiger partial charge on any atom is -0.493 e. The van der Waals surface area contributed by atoms with E-state index >= 15 is 0 Å². The molecular formula is C12H15ClO3S. The van der Waals surface area contributed by atoms with Gasteiger partial charge in [0.2, 0.25) is 0 Å². The van der Waals surface area contributed by atoms with Gasteiger partial charge in [-0.3, -0.25) is 4.79 Å². The fourth-order valence-corrected chi connectivity index (χ4v) is 1.33. The first-order valence-corrected chi connectivity index (χ1v) is 6.30. The molecule has 3 nitrogen and oxygen atoms in total. The van der Waals surface area contributed by atoms with Crippen LogP contribution in [0.3, 0.4) is 0 Å². The summed E-state index contributed by atoms with van der Waals surface area (Å²) < 4.78 is 10.4. The Morgan fingerprint density at radius 1 is 1.41 bits per heavy atom. The maximum atomic E-state index is 11.4. The van der Waals surface area contributed by atoms with Gasteiger partial charge in [-0.15, -0.1) is 0 Å². The maximum Gasteiger partial charge on any atom is 0.312 e. The number of thiol groups is 1. The highest BCUT2D eigenvalue weighted by Gasteiger charge is 2.14. The monoisotopic (exact) mass is 274 g/mol. The molecule has 0 aliphatic carbocycles. The summed E-state index contributed by atoms with van der Waals surface area (Å²) in [6.45, 7) is 2.37. The van der Waals surface area contributed by atoms with E-state index in [1.54, 1.807) is 31.2 Å². The zero-order chi connectivity index (χ0) is 12.7. The van der Waals surface area contributed by atoms with Crippen LogP contribution in [0.2, 0.25) is 5.02 Å². The van der Waals surface area contributed by atoms with Gasteiger partial charge in [-0.2, -0.15) is 12.6 Å². The van der Waals surface area contributed by atoms with Crippen molar-refractivity contribution in [3.8, 4) is 5.75 Å². The second-order valence-corrected chi connectivity index (χ2v) is 4.44. The Labute approximate surface area is 111 Å². The molecule has 1 atom stereocenters. The van der Waals surface area contributed by atoms with Crippen LogP contribution in [0, 0.1) is 5.92 Å². The first-order valence-electron chi connectivity index (χ1n) is 5.29. The average Bonchev–Trinajstić information content (AvgIpc) is 2.34. The Morgan fingerprint density at radius 3 is 2.65 bits per heavy atom. The topological polar surface area (TPSA) is 35.5 Å². The van der Waals surface area contributed by atoms with Crippen molar-refractivity contribution in [1.82, 2.24) is 0 Å². The molecule has 0 radical (unpaired) electrons. The number of hydrogen-bond donors (Lipinski definition) is 1. The highest BCUT2D eigenvalue weighted by Crippen LogP contribution is 2.16. The number of benzene rings is 1. The van der Waals surface area contributed by atoms with Crippen LogP contribution < -0.4 is 4.74 Å². The van der Waals surface area contributed by atoms with Crippen molar-refractivity contribution in [3.63, 3.8) is 0 Å². The van der Waals surface area contributed by atoms with E-state index in [1.807, 2.05) is 0 Å². The lowest BCUT2D eigenvalue weighted by Crippen LogP contribution is -2.22. The van der Waals surface area contributed by atoms with E-state index in [0.29, 0.717) is 23.1 Å². The van der Waals surface area contributed by atoms with Gasteiger partial charge >= 0.3 is 5.97 Å². The molecule has 1 unspecified atom stereocenters. The molecule has 0 aliphatic heterocycles. The van der Waals surface area contributed by atoms with Crippen molar-refractivity contribution in [3.05, 3.63) is 29.3 Å². The number of hydrogen-bond acceptors (Lipinski definition) is 4. The largest absolute Gasteiger partial charge is 0.493 e. The van der Waals surface area contributed by atoms with Crippen LogP contribution >= 0.6 is 24.2 Å². The van der Waals surface area contributed by atoms with Gasteiger partial charge in [0, 0.05) is 10.8 Å². The molecule has 0 heterocycles. The molecule has 94 valence electrons. The van der Waals surface area contributed by atoms with E-state index in [0.717, 1.165) is 0 Å². The smallest absolute Gasteiger partial charge is 0.312 e. The van der Waals surface area contributed by atoms with Crippen LogP contribution in [-0.4, -0.2) is 24.9 Å². The summed E-state index contributed by atoms with van der Waals surface area (Å²) in [5, 5.41) is 0.651. The van der Waals surface area contributed by atoms with Gasteiger partial charge in [-0.1, -0.05) is 11.6 Å². The molecule has 1 rings (SSSR count). The van der Waals surface area contributed by atoms with E-state index in [9.17, 15) is 4.79 Å². The molecule has 1 aromatic carbocycles. The van der Waals surface area contributed by atoms with Crippen LogP contribution in [0.25, 0.3) is 0 Å². The lowest BCUT2D eigenvalue weighted by atomic mass is 10.2. The fraction of sp³-hybridized carbons (Fsp3) is 0.417. The lowest BCUT2D eigenvalue weighted by molar-refractivity contribution is -0.148. The van der Waals surface area contributed by atoms with Crippen molar-refractivity contribution in [2.24, 2.45) is 5.92 Å². The second kappa shape index (κ2) is 7.45. The molecule has 0 fully saturated rings. The van der Waals surface area contributed by atoms with E-state index < -0.39 is 0 Å². The molecule has 0 bridgehead atoms. The minimum atomic E-state index is -0.300. The average molecular weight is 275 g/mol. The third-order valence-electron chi connectivity index (χ3n) is 2.05. The van der Waals surface area contributed by atoms with Crippen molar-refractivity contribution in [1.29, 1.82) is 0 Å². The standard InChI is InChI=1S/C12H15ClO3S/c1-9(12(14)15-6-7-17)8-16-11-4-2-10(13)3-5-11/h2-5,9,17H,6-8H2,1H3. The maximum absolute atomic E-state index is 11.4. The number of ether oxygens (including phenoxy) is 2. The van der Waals surface area contributed by atoms with Crippen molar-refractivity contribution >= 4 is 30.2 Å². The molecule has 0 aliphatic rings. The van der Waals surface area contributed by atoms with Crippen LogP contribution in [0.1, 0.15) is 6.92 Å². The summed E-state index contributed by atoms with van der Waals surface area (Å²) in [6, 6.07) is 6.99. The summed E-state index contributed by atoms with van der Waals surface area (Å²) >= 11 is 9.71. The summed E-state index contributed by atoms with van der Waals surface area (Å²) in [5.74, 6) is 0.637. The molecule has 0 saturated heterocycles. The summed E-state index contributed by atoms with van der Waals surface area (Å²) in [6.07, 6.45) is 0. The number of rotatable bonds is 6. The first kappa shape index (κ1) is 14.2. The number of halogens is 1. The number of esters is 1. The van der Waals surface area contributed by atoms with Crippen LogP contribution in [0.4, 0.5) is 0 Å². The highest BCUT2D eigenvalue weighted by atomic mass is 35.5. The van der Waals surface area contributed by atoms with Gasteiger partial charge in [0.15, 0.2) is 0 Å².